The molecular formula is C30H33NO5. The highest BCUT2D eigenvalue weighted by atomic mass is 16.5. The van der Waals surface area contributed by atoms with Crippen molar-refractivity contribution in [2.45, 2.75) is 46.1 Å². The number of ketones is 1. The fraction of sp³-hybridized carbons (Fsp3) is 0.367. The fourth-order valence-corrected chi connectivity index (χ4v) is 5.07. The number of hydrogen-bond donors (Lipinski definition) is 0. The summed E-state index contributed by atoms with van der Waals surface area (Å²) in [4.78, 5) is 31.4. The lowest BCUT2D eigenvalue weighted by atomic mass is 9.67. The van der Waals surface area contributed by atoms with E-state index >= 15 is 0 Å². The van der Waals surface area contributed by atoms with Crippen LogP contribution in [0.3, 0.4) is 0 Å². The highest BCUT2D eigenvalue weighted by Crippen LogP contribution is 2.49. The van der Waals surface area contributed by atoms with Crippen LogP contribution in [0.4, 0.5) is 0 Å². The van der Waals surface area contributed by atoms with Crippen molar-refractivity contribution in [3.63, 3.8) is 0 Å². The van der Waals surface area contributed by atoms with Gasteiger partial charge in [-0.25, -0.2) is 0 Å². The Hall–Kier alpha value is -3.67. The third-order valence-corrected chi connectivity index (χ3v) is 6.68. The van der Waals surface area contributed by atoms with Crippen LogP contribution >= 0.6 is 0 Å². The normalized spacial score (nSPS) is 20.8. The van der Waals surface area contributed by atoms with Gasteiger partial charge in [-0.05, 0) is 42.0 Å². The Morgan fingerprint density at radius 2 is 1.89 bits per heavy atom. The molecule has 188 valence electrons. The average Bonchev–Trinajstić information content (AvgIpc) is 2.85. The predicted octanol–water partition coefficient (Wildman–Crippen LogP) is 5.82. The van der Waals surface area contributed by atoms with Gasteiger partial charge in [-0.3, -0.25) is 14.6 Å². The molecule has 2 atom stereocenters. The summed E-state index contributed by atoms with van der Waals surface area (Å²) in [7, 11) is 1.58. The molecule has 1 unspecified atom stereocenters. The molecule has 0 amide bonds. The number of Topliss-reactive ketones (excluding diaryl/α,β-unsaturated/α-hetero) is 1. The van der Waals surface area contributed by atoms with Crippen LogP contribution in [0, 0.1) is 11.3 Å². The van der Waals surface area contributed by atoms with Crippen molar-refractivity contribution in [3.8, 4) is 11.5 Å². The minimum Gasteiger partial charge on any atom is -0.493 e. The minimum atomic E-state index is -0.713. The summed E-state index contributed by atoms with van der Waals surface area (Å²) in [6, 6.07) is 15.5. The number of nitrogens with zero attached hydrogens (tertiary/aromatic N) is 1. The summed E-state index contributed by atoms with van der Waals surface area (Å²) >= 11 is 0. The van der Waals surface area contributed by atoms with Gasteiger partial charge in [0, 0.05) is 29.3 Å². The maximum absolute atomic E-state index is 13.4. The molecule has 0 aromatic heterocycles. The van der Waals surface area contributed by atoms with Crippen molar-refractivity contribution in [1.29, 1.82) is 0 Å². The van der Waals surface area contributed by atoms with Crippen LogP contribution in [0.25, 0.3) is 0 Å². The van der Waals surface area contributed by atoms with Crippen LogP contribution < -0.4 is 9.47 Å². The lowest BCUT2D eigenvalue weighted by molar-refractivity contribution is -0.145. The zero-order valence-corrected chi connectivity index (χ0v) is 21.4. The molecule has 1 aliphatic heterocycles. The number of carbonyl (C=O) groups is 2. The van der Waals surface area contributed by atoms with E-state index in [-0.39, 0.29) is 17.8 Å². The molecule has 2 aliphatic rings. The average molecular weight is 488 g/mol. The first kappa shape index (κ1) is 25.4. The molecule has 0 saturated carbocycles. The molecule has 0 bridgehead atoms. The highest BCUT2D eigenvalue weighted by molar-refractivity contribution is 6.09. The van der Waals surface area contributed by atoms with Crippen LogP contribution in [-0.2, 0) is 20.9 Å². The second-order valence-corrected chi connectivity index (χ2v) is 10.1. The van der Waals surface area contributed by atoms with Crippen molar-refractivity contribution in [1.82, 2.24) is 0 Å². The fourth-order valence-electron chi connectivity index (χ4n) is 5.07. The molecule has 0 radical (unpaired) electrons. The van der Waals surface area contributed by atoms with Crippen molar-refractivity contribution >= 4 is 17.5 Å². The van der Waals surface area contributed by atoms with Crippen molar-refractivity contribution < 1.29 is 23.8 Å². The Kier molecular flexibility index (Phi) is 7.43. The third-order valence-electron chi connectivity index (χ3n) is 6.68. The summed E-state index contributed by atoms with van der Waals surface area (Å²) in [5.41, 5.74) is 3.64. The van der Waals surface area contributed by atoms with E-state index in [2.05, 4.69) is 20.4 Å². The van der Waals surface area contributed by atoms with Crippen molar-refractivity contribution in [3.05, 3.63) is 83.6 Å². The second kappa shape index (κ2) is 10.5. The molecule has 0 saturated heterocycles. The lowest BCUT2D eigenvalue weighted by Crippen LogP contribution is -2.39. The number of methoxy groups -OCH3 is 1. The number of allylic oxidation sites excluding steroid dienone is 2. The maximum Gasteiger partial charge on any atom is 0.315 e. The number of esters is 1. The van der Waals surface area contributed by atoms with Gasteiger partial charge in [-0.2, -0.15) is 0 Å². The maximum atomic E-state index is 13.4. The molecular weight excluding hydrogens is 454 g/mol. The van der Waals surface area contributed by atoms with E-state index in [0.29, 0.717) is 42.2 Å². The molecule has 1 heterocycles. The summed E-state index contributed by atoms with van der Waals surface area (Å²) < 4.78 is 17.1. The van der Waals surface area contributed by atoms with E-state index in [1.807, 2.05) is 55.5 Å². The zero-order valence-electron chi connectivity index (χ0n) is 21.4. The standard InChI is InChI=1S/C30H33NO5/c1-6-14-35-29(33)26-19(2)31-22-16-30(3,4)17-23(32)28(22)27(26)21-12-13-24(25(15-21)34-5)36-18-20-10-8-7-9-11-20/h6-13,15,26-27H,1,14,16-18H2,2-5H3/t26?,27-/m0/s1. The summed E-state index contributed by atoms with van der Waals surface area (Å²) in [5, 5.41) is 0. The molecule has 0 N–H and O–H groups in total. The molecule has 36 heavy (non-hydrogen) atoms. The smallest absolute Gasteiger partial charge is 0.315 e. The van der Waals surface area contributed by atoms with Crippen LogP contribution in [-0.4, -0.2) is 31.2 Å². The Bertz CT molecular complexity index is 1230. The van der Waals surface area contributed by atoms with E-state index in [1.54, 1.807) is 7.11 Å². The summed E-state index contributed by atoms with van der Waals surface area (Å²) in [6.45, 7) is 10.1. The first-order valence-corrected chi connectivity index (χ1v) is 12.2. The van der Waals surface area contributed by atoms with Gasteiger partial charge in [0.05, 0.1) is 7.11 Å². The van der Waals surface area contributed by atoms with Crippen molar-refractivity contribution in [2.24, 2.45) is 16.3 Å². The predicted molar refractivity (Wildman–Crippen MR) is 139 cm³/mol. The molecule has 0 fully saturated rings. The number of aliphatic imine (C=N–C) groups is 1. The number of hydrogen-bond acceptors (Lipinski definition) is 6. The van der Waals surface area contributed by atoms with Gasteiger partial charge >= 0.3 is 5.97 Å². The molecule has 1 aliphatic carbocycles. The highest BCUT2D eigenvalue weighted by Gasteiger charge is 2.46. The van der Waals surface area contributed by atoms with Gasteiger partial charge in [0.25, 0.3) is 0 Å². The Morgan fingerprint density at radius 1 is 1.14 bits per heavy atom. The Balaban J connectivity index is 1.74. The van der Waals surface area contributed by atoms with Gasteiger partial charge in [0.15, 0.2) is 17.3 Å². The number of ether oxygens (including phenoxy) is 3. The van der Waals surface area contributed by atoms with Gasteiger partial charge in [0.2, 0.25) is 0 Å². The number of benzene rings is 2. The molecule has 2 aromatic carbocycles. The summed E-state index contributed by atoms with van der Waals surface area (Å²) in [5.74, 6) is -0.513. The number of rotatable bonds is 8. The largest absolute Gasteiger partial charge is 0.493 e. The van der Waals surface area contributed by atoms with E-state index in [4.69, 9.17) is 19.2 Å². The van der Waals surface area contributed by atoms with E-state index in [0.717, 1.165) is 16.8 Å². The number of carbonyl (C=O) groups excluding carboxylic acids is 2. The topological polar surface area (TPSA) is 74.2 Å². The minimum absolute atomic E-state index is 0.0207. The first-order chi connectivity index (χ1) is 17.2. The van der Waals surface area contributed by atoms with Crippen LogP contribution in [0.2, 0.25) is 0 Å². The monoisotopic (exact) mass is 487 g/mol. The van der Waals surface area contributed by atoms with Crippen molar-refractivity contribution in [2.75, 3.05) is 13.7 Å². The summed E-state index contributed by atoms with van der Waals surface area (Å²) in [6.07, 6.45) is 2.61. The molecule has 4 rings (SSSR count). The molecule has 0 spiro atoms. The van der Waals surface area contributed by atoms with Crippen LogP contribution in [0.5, 0.6) is 11.5 Å². The molecule has 2 aromatic rings. The SMILES string of the molecule is C=CCOC(=O)C1C(C)=NC2=C(C(=O)CC(C)(C)C2)[C@H]1c1ccc(OCc2ccccc2)c(OC)c1. The van der Waals surface area contributed by atoms with Gasteiger partial charge < -0.3 is 14.2 Å². The second-order valence-electron chi connectivity index (χ2n) is 10.1. The van der Waals surface area contributed by atoms with Crippen LogP contribution in [0.15, 0.2) is 77.4 Å². The van der Waals surface area contributed by atoms with Gasteiger partial charge in [0.1, 0.15) is 19.1 Å². The van der Waals surface area contributed by atoms with Gasteiger partial charge in [-0.1, -0.05) is 62.9 Å². The quantitative estimate of drug-likeness (QED) is 0.346. The Morgan fingerprint density at radius 3 is 2.58 bits per heavy atom. The molecule has 6 nitrogen and oxygen atoms in total. The lowest BCUT2D eigenvalue weighted by Gasteiger charge is -2.39. The zero-order chi connectivity index (χ0) is 25.9. The first-order valence-electron chi connectivity index (χ1n) is 12.2. The third kappa shape index (κ3) is 5.27. The van der Waals surface area contributed by atoms with Crippen LogP contribution in [0.1, 0.15) is 50.7 Å². The van der Waals surface area contributed by atoms with E-state index < -0.39 is 17.8 Å². The van der Waals surface area contributed by atoms with E-state index in [1.165, 1.54) is 6.08 Å². The molecule has 6 heteroatoms. The van der Waals surface area contributed by atoms with E-state index in [9.17, 15) is 9.59 Å². The Labute approximate surface area is 212 Å². The van der Waals surface area contributed by atoms with Gasteiger partial charge in [-0.15, -0.1) is 0 Å².